The molecule has 1 aromatic rings. The van der Waals surface area contributed by atoms with Crippen LogP contribution in [0.4, 0.5) is 11.4 Å². The second-order valence-corrected chi connectivity index (χ2v) is 7.17. The number of hydrogen-bond acceptors (Lipinski definition) is 5. The van der Waals surface area contributed by atoms with E-state index < -0.39 is 14.9 Å². The molecule has 0 atom stereocenters. The zero-order chi connectivity index (χ0) is 15.6. The first-order valence-electron chi connectivity index (χ1n) is 6.90. The lowest BCUT2D eigenvalue weighted by atomic mass is 9.96. The molecule has 21 heavy (non-hydrogen) atoms. The molecule has 0 unspecified atom stereocenters. The Balaban J connectivity index is 2.24. The summed E-state index contributed by atoms with van der Waals surface area (Å²) >= 11 is 0. The van der Waals surface area contributed by atoms with Crippen molar-refractivity contribution in [1.82, 2.24) is 4.31 Å². The quantitative estimate of drug-likeness (QED) is 0.519. The second kappa shape index (κ2) is 5.98. The fourth-order valence-electron chi connectivity index (χ4n) is 2.57. The lowest BCUT2D eigenvalue weighted by Gasteiger charge is -2.30. The fourth-order valence-corrected chi connectivity index (χ4v) is 4.07. The van der Waals surface area contributed by atoms with Crippen LogP contribution in [0.1, 0.15) is 26.2 Å². The SMILES string of the molecule is CCC1CCN(S(=O)(=O)c2ccc([N+](=O)[O-])c(N)c2)CC1. The van der Waals surface area contributed by atoms with Crippen LogP contribution in [0.5, 0.6) is 0 Å². The van der Waals surface area contributed by atoms with Gasteiger partial charge in [-0.05, 0) is 30.9 Å². The molecule has 0 spiro atoms. The molecular weight excluding hydrogens is 294 g/mol. The van der Waals surface area contributed by atoms with Crippen LogP contribution in [0.3, 0.4) is 0 Å². The van der Waals surface area contributed by atoms with Crippen molar-refractivity contribution in [3.8, 4) is 0 Å². The van der Waals surface area contributed by atoms with Crippen molar-refractivity contribution in [2.45, 2.75) is 31.1 Å². The normalized spacial score (nSPS) is 17.8. The number of nitrogens with zero attached hydrogens (tertiary/aromatic N) is 2. The summed E-state index contributed by atoms with van der Waals surface area (Å²) in [5.41, 5.74) is 5.15. The Kier molecular flexibility index (Phi) is 4.48. The Bertz CT molecular complexity index is 637. The maximum absolute atomic E-state index is 12.5. The number of piperidine rings is 1. The van der Waals surface area contributed by atoms with Gasteiger partial charge in [0.05, 0.1) is 9.82 Å². The molecule has 7 nitrogen and oxygen atoms in total. The number of rotatable bonds is 4. The summed E-state index contributed by atoms with van der Waals surface area (Å²) in [6, 6.07) is 3.55. The van der Waals surface area contributed by atoms with Gasteiger partial charge in [0, 0.05) is 19.2 Å². The van der Waals surface area contributed by atoms with Gasteiger partial charge in [-0.25, -0.2) is 8.42 Å². The smallest absolute Gasteiger partial charge is 0.292 e. The van der Waals surface area contributed by atoms with Crippen molar-refractivity contribution in [3.63, 3.8) is 0 Å². The maximum atomic E-state index is 12.5. The molecular formula is C13H19N3O4S. The molecule has 1 aliphatic rings. The highest BCUT2D eigenvalue weighted by molar-refractivity contribution is 7.89. The second-order valence-electron chi connectivity index (χ2n) is 5.23. The number of nitrogen functional groups attached to an aromatic ring is 1. The molecule has 8 heteroatoms. The molecule has 0 aromatic heterocycles. The van der Waals surface area contributed by atoms with Gasteiger partial charge >= 0.3 is 0 Å². The molecule has 1 fully saturated rings. The minimum absolute atomic E-state index is 0.0144. The van der Waals surface area contributed by atoms with Crippen LogP contribution in [0, 0.1) is 16.0 Å². The van der Waals surface area contributed by atoms with Crippen LogP contribution in [-0.2, 0) is 10.0 Å². The average Bonchev–Trinajstić information content (AvgIpc) is 2.46. The zero-order valence-corrected chi connectivity index (χ0v) is 12.7. The minimum atomic E-state index is -3.63. The van der Waals surface area contributed by atoms with Gasteiger partial charge in [0.1, 0.15) is 5.69 Å². The third kappa shape index (κ3) is 3.16. The van der Waals surface area contributed by atoms with Crippen molar-refractivity contribution in [2.24, 2.45) is 5.92 Å². The molecule has 1 heterocycles. The molecule has 0 bridgehead atoms. The van der Waals surface area contributed by atoms with Crippen molar-refractivity contribution < 1.29 is 13.3 Å². The van der Waals surface area contributed by atoms with Gasteiger partial charge in [-0.2, -0.15) is 4.31 Å². The molecule has 0 aliphatic carbocycles. The van der Waals surface area contributed by atoms with E-state index in [1.165, 1.54) is 16.4 Å². The van der Waals surface area contributed by atoms with E-state index >= 15 is 0 Å². The number of sulfonamides is 1. The average molecular weight is 313 g/mol. The standard InChI is InChI=1S/C13H19N3O4S/c1-2-10-5-7-15(8-6-10)21(19,20)11-3-4-13(16(17)18)12(14)9-11/h3-4,9-10H,2,5-8,14H2,1H3. The molecule has 0 amide bonds. The summed E-state index contributed by atoms with van der Waals surface area (Å²) in [5, 5.41) is 10.7. The van der Waals surface area contributed by atoms with E-state index in [0.29, 0.717) is 19.0 Å². The third-order valence-electron chi connectivity index (χ3n) is 3.98. The summed E-state index contributed by atoms with van der Waals surface area (Å²) in [6.45, 7) is 3.07. The van der Waals surface area contributed by atoms with E-state index in [0.717, 1.165) is 25.3 Å². The van der Waals surface area contributed by atoms with Crippen LogP contribution in [0.2, 0.25) is 0 Å². The first kappa shape index (κ1) is 15.7. The first-order valence-corrected chi connectivity index (χ1v) is 8.34. The molecule has 0 saturated carbocycles. The van der Waals surface area contributed by atoms with Crippen LogP contribution in [0.25, 0.3) is 0 Å². The Labute approximate surface area is 123 Å². The van der Waals surface area contributed by atoms with Gasteiger partial charge in [0.25, 0.3) is 5.69 Å². The van der Waals surface area contributed by atoms with E-state index in [9.17, 15) is 18.5 Å². The first-order chi connectivity index (χ1) is 9.86. The highest BCUT2D eigenvalue weighted by atomic mass is 32.2. The zero-order valence-electron chi connectivity index (χ0n) is 11.9. The summed E-state index contributed by atoms with van der Waals surface area (Å²) in [7, 11) is -3.63. The van der Waals surface area contributed by atoms with Gasteiger partial charge in [0.2, 0.25) is 10.0 Å². The highest BCUT2D eigenvalue weighted by Gasteiger charge is 2.29. The van der Waals surface area contributed by atoms with E-state index in [4.69, 9.17) is 5.73 Å². The van der Waals surface area contributed by atoms with E-state index in [1.54, 1.807) is 0 Å². The van der Waals surface area contributed by atoms with Crippen molar-refractivity contribution in [1.29, 1.82) is 0 Å². The van der Waals surface area contributed by atoms with Crippen molar-refractivity contribution >= 4 is 21.4 Å². The van der Waals surface area contributed by atoms with Crippen molar-refractivity contribution in [2.75, 3.05) is 18.8 Å². The van der Waals surface area contributed by atoms with Crippen molar-refractivity contribution in [3.05, 3.63) is 28.3 Å². The Morgan fingerprint density at radius 2 is 2.00 bits per heavy atom. The fraction of sp³-hybridized carbons (Fsp3) is 0.538. The predicted octanol–water partition coefficient (Wildman–Crippen LogP) is 1.99. The topological polar surface area (TPSA) is 107 Å². The highest BCUT2D eigenvalue weighted by Crippen LogP contribution is 2.29. The van der Waals surface area contributed by atoms with Gasteiger partial charge in [-0.3, -0.25) is 10.1 Å². The lowest BCUT2D eigenvalue weighted by molar-refractivity contribution is -0.383. The molecule has 2 N–H and O–H groups in total. The summed E-state index contributed by atoms with van der Waals surface area (Å²) < 4.78 is 26.5. The molecule has 116 valence electrons. The molecule has 0 radical (unpaired) electrons. The Morgan fingerprint density at radius 1 is 1.38 bits per heavy atom. The van der Waals surface area contributed by atoms with E-state index in [1.807, 2.05) is 0 Å². The lowest BCUT2D eigenvalue weighted by Crippen LogP contribution is -2.38. The van der Waals surface area contributed by atoms with Gasteiger partial charge < -0.3 is 5.73 Å². The third-order valence-corrected chi connectivity index (χ3v) is 5.88. The number of anilines is 1. The molecule has 2 rings (SSSR count). The number of benzene rings is 1. The van der Waals surface area contributed by atoms with E-state index in [-0.39, 0.29) is 16.3 Å². The minimum Gasteiger partial charge on any atom is -0.393 e. The van der Waals surface area contributed by atoms with Crippen LogP contribution in [0.15, 0.2) is 23.1 Å². The Morgan fingerprint density at radius 3 is 2.48 bits per heavy atom. The monoisotopic (exact) mass is 313 g/mol. The summed E-state index contributed by atoms with van der Waals surface area (Å²) in [4.78, 5) is 10.1. The summed E-state index contributed by atoms with van der Waals surface area (Å²) in [6.07, 6.45) is 2.74. The molecule has 1 aromatic carbocycles. The number of nitrogens with two attached hydrogens (primary N) is 1. The van der Waals surface area contributed by atoms with Gasteiger partial charge in [0.15, 0.2) is 0 Å². The molecule has 1 saturated heterocycles. The predicted molar refractivity (Wildman–Crippen MR) is 79.3 cm³/mol. The number of nitro groups is 1. The largest absolute Gasteiger partial charge is 0.393 e. The van der Waals surface area contributed by atoms with Gasteiger partial charge in [-0.15, -0.1) is 0 Å². The molecule has 1 aliphatic heterocycles. The number of hydrogen-bond donors (Lipinski definition) is 1. The number of nitro benzene ring substituents is 1. The van der Waals surface area contributed by atoms with Crippen LogP contribution in [-0.4, -0.2) is 30.7 Å². The summed E-state index contributed by atoms with van der Waals surface area (Å²) in [5.74, 6) is 0.568. The van der Waals surface area contributed by atoms with Crippen LogP contribution >= 0.6 is 0 Å². The Hall–Kier alpha value is -1.67. The van der Waals surface area contributed by atoms with E-state index in [2.05, 4.69) is 6.92 Å². The maximum Gasteiger partial charge on any atom is 0.292 e. The van der Waals surface area contributed by atoms with Gasteiger partial charge in [-0.1, -0.05) is 13.3 Å². The van der Waals surface area contributed by atoms with Crippen LogP contribution < -0.4 is 5.73 Å².